The molecule has 1 rings (SSSR count). The average molecular weight is 287 g/mol. The first kappa shape index (κ1) is 15.4. The normalized spacial score (nSPS) is 13.8. The van der Waals surface area contributed by atoms with Gasteiger partial charge in [-0.1, -0.05) is 0 Å². The molecule has 2 N–H and O–H groups in total. The van der Waals surface area contributed by atoms with Gasteiger partial charge in [0.05, 0.1) is 17.7 Å². The quantitative estimate of drug-likeness (QED) is 0.719. The van der Waals surface area contributed by atoms with Crippen molar-refractivity contribution in [2.24, 2.45) is 0 Å². The molecule has 19 heavy (non-hydrogen) atoms. The number of rotatable bonds is 7. The Kier molecular flexibility index (Phi) is 5.68. The molecule has 1 aromatic heterocycles. The van der Waals surface area contributed by atoms with Gasteiger partial charge in [0.15, 0.2) is 0 Å². The Morgan fingerprint density at radius 3 is 2.74 bits per heavy atom. The fourth-order valence-corrected chi connectivity index (χ4v) is 2.74. The number of carboxylic acid groups (broad SMARTS) is 1. The van der Waals surface area contributed by atoms with Crippen LogP contribution in [0.3, 0.4) is 0 Å². The van der Waals surface area contributed by atoms with Gasteiger partial charge in [-0.25, -0.2) is 4.79 Å². The summed E-state index contributed by atoms with van der Waals surface area (Å²) in [6, 6.07) is -1.13. The summed E-state index contributed by atoms with van der Waals surface area (Å²) >= 11 is 0. The third-order valence-corrected chi connectivity index (χ3v) is 3.73. The maximum atomic E-state index is 11.9. The average Bonchev–Trinajstić information content (AvgIpc) is 2.75. The lowest BCUT2D eigenvalue weighted by Gasteiger charge is -2.12. The van der Waals surface area contributed by atoms with Crippen LogP contribution in [0.1, 0.15) is 19.4 Å². The Labute approximate surface area is 113 Å². The molecule has 1 heterocycles. The molecule has 0 aliphatic rings. The molecular formula is C11H17N3O4S. The second-order valence-electron chi connectivity index (χ2n) is 4.05. The first-order valence-electron chi connectivity index (χ1n) is 5.78. The smallest absolute Gasteiger partial charge is 0.327 e. The number of carbonyl (C=O) groups excluding carboxylic acids is 1. The lowest BCUT2D eigenvalue weighted by molar-refractivity contribution is -0.140. The monoisotopic (exact) mass is 287 g/mol. The molecule has 2 unspecified atom stereocenters. The van der Waals surface area contributed by atoms with Crippen LogP contribution in [0.2, 0.25) is 0 Å². The van der Waals surface area contributed by atoms with E-state index in [1.165, 1.54) is 6.92 Å². The number of carboxylic acids is 1. The third kappa shape index (κ3) is 5.21. The van der Waals surface area contributed by atoms with Crippen LogP contribution in [0, 0.1) is 0 Å². The van der Waals surface area contributed by atoms with Crippen molar-refractivity contribution in [1.29, 1.82) is 0 Å². The Hall–Kier alpha value is -1.70. The van der Waals surface area contributed by atoms with E-state index in [9.17, 15) is 13.8 Å². The van der Waals surface area contributed by atoms with Gasteiger partial charge < -0.3 is 10.4 Å². The van der Waals surface area contributed by atoms with Crippen LogP contribution in [0.25, 0.3) is 0 Å². The number of aliphatic carboxylic acids is 1. The summed E-state index contributed by atoms with van der Waals surface area (Å²) in [7, 11) is -1.38. The van der Waals surface area contributed by atoms with Crippen molar-refractivity contribution in [3.63, 3.8) is 0 Å². The summed E-state index contributed by atoms with van der Waals surface area (Å²) in [5.41, 5.74) is 0.784. The van der Waals surface area contributed by atoms with Crippen molar-refractivity contribution in [1.82, 2.24) is 15.1 Å². The summed E-state index contributed by atoms with van der Waals surface area (Å²) in [6.45, 7) is 3.88. The van der Waals surface area contributed by atoms with Crippen molar-refractivity contribution in [3.8, 4) is 0 Å². The molecule has 0 aliphatic carbocycles. The zero-order valence-corrected chi connectivity index (χ0v) is 11.6. The minimum atomic E-state index is -1.38. The molecule has 106 valence electrons. The van der Waals surface area contributed by atoms with Gasteiger partial charge >= 0.3 is 5.97 Å². The summed E-state index contributed by atoms with van der Waals surface area (Å²) < 4.78 is 13.6. The van der Waals surface area contributed by atoms with E-state index in [0.29, 0.717) is 0 Å². The molecule has 0 radical (unpaired) electrons. The molecule has 0 saturated carbocycles. The fourth-order valence-electron chi connectivity index (χ4n) is 1.50. The van der Waals surface area contributed by atoms with Crippen LogP contribution in [0.5, 0.6) is 0 Å². The first-order valence-corrected chi connectivity index (χ1v) is 7.27. The number of hydrogen-bond donors (Lipinski definition) is 2. The van der Waals surface area contributed by atoms with E-state index >= 15 is 0 Å². The van der Waals surface area contributed by atoms with Crippen LogP contribution < -0.4 is 5.32 Å². The zero-order valence-electron chi connectivity index (χ0n) is 10.8. The van der Waals surface area contributed by atoms with E-state index in [0.717, 1.165) is 12.1 Å². The van der Waals surface area contributed by atoms with Crippen LogP contribution in [-0.4, -0.2) is 42.8 Å². The van der Waals surface area contributed by atoms with Crippen LogP contribution >= 0.6 is 0 Å². The summed E-state index contributed by atoms with van der Waals surface area (Å²) in [5, 5.41) is 15.2. The lowest BCUT2D eigenvalue weighted by atomic mass is 10.3. The third-order valence-electron chi connectivity index (χ3n) is 2.37. The predicted molar refractivity (Wildman–Crippen MR) is 69.9 cm³/mol. The van der Waals surface area contributed by atoms with Gasteiger partial charge in [-0.15, -0.1) is 0 Å². The number of hydrogen-bond acceptors (Lipinski definition) is 4. The minimum Gasteiger partial charge on any atom is -0.480 e. The molecular weight excluding hydrogens is 270 g/mol. The largest absolute Gasteiger partial charge is 0.480 e. The second kappa shape index (κ2) is 7.03. The van der Waals surface area contributed by atoms with Gasteiger partial charge in [0.1, 0.15) is 6.04 Å². The highest BCUT2D eigenvalue weighted by Crippen LogP contribution is 2.04. The van der Waals surface area contributed by atoms with Crippen LogP contribution in [0.4, 0.5) is 0 Å². The number of nitrogens with one attached hydrogen (secondary N) is 1. The zero-order chi connectivity index (χ0) is 14.4. The van der Waals surface area contributed by atoms with Gasteiger partial charge in [0.2, 0.25) is 5.91 Å². The summed E-state index contributed by atoms with van der Waals surface area (Å²) in [4.78, 5) is 21.8. The Morgan fingerprint density at radius 1 is 1.58 bits per heavy atom. The Balaban J connectivity index is 2.57. The Morgan fingerprint density at radius 2 is 2.26 bits per heavy atom. The van der Waals surface area contributed by atoms with Gasteiger partial charge in [0.25, 0.3) is 0 Å². The molecule has 0 bridgehead atoms. The lowest BCUT2D eigenvalue weighted by Crippen LogP contribution is -2.43. The number of aryl methyl sites for hydroxylation is 1. The first-order chi connectivity index (χ1) is 8.92. The minimum absolute atomic E-state index is 0.119. The van der Waals surface area contributed by atoms with E-state index in [1.54, 1.807) is 17.1 Å². The summed E-state index contributed by atoms with van der Waals surface area (Å²) in [6.07, 6.45) is 3.38. The van der Waals surface area contributed by atoms with Crippen molar-refractivity contribution < 1.29 is 18.9 Å². The van der Waals surface area contributed by atoms with Crippen molar-refractivity contribution in [2.75, 3.05) is 5.75 Å². The predicted octanol–water partition coefficient (Wildman–Crippen LogP) is -0.259. The molecule has 1 aromatic rings. The van der Waals surface area contributed by atoms with Gasteiger partial charge in [-0.05, 0) is 6.92 Å². The maximum absolute atomic E-state index is 11.9. The van der Waals surface area contributed by atoms with Gasteiger partial charge in [0, 0.05) is 36.0 Å². The van der Waals surface area contributed by atoms with Crippen LogP contribution in [-0.2, 0) is 32.7 Å². The van der Waals surface area contributed by atoms with E-state index < -0.39 is 28.7 Å². The van der Waals surface area contributed by atoms with Crippen molar-refractivity contribution in [2.45, 2.75) is 32.2 Å². The molecule has 8 heteroatoms. The number of nitrogens with zero attached hydrogens (tertiary/aromatic N) is 2. The van der Waals surface area contributed by atoms with Crippen molar-refractivity contribution >= 4 is 22.7 Å². The van der Waals surface area contributed by atoms with E-state index in [-0.39, 0.29) is 11.5 Å². The van der Waals surface area contributed by atoms with E-state index in [2.05, 4.69) is 10.4 Å². The summed E-state index contributed by atoms with van der Waals surface area (Å²) in [5.74, 6) is -1.54. The fraction of sp³-hybridized carbons (Fsp3) is 0.545. The highest BCUT2D eigenvalue weighted by atomic mass is 32.2. The second-order valence-corrected chi connectivity index (χ2v) is 5.55. The molecule has 0 fully saturated rings. The number of amides is 1. The molecule has 0 aromatic carbocycles. The number of aromatic nitrogens is 2. The Bertz CT molecular complexity index is 486. The van der Waals surface area contributed by atoms with Crippen LogP contribution in [0.15, 0.2) is 12.4 Å². The van der Waals surface area contributed by atoms with Gasteiger partial charge in [-0.3, -0.25) is 13.7 Å². The topological polar surface area (TPSA) is 101 Å². The highest BCUT2D eigenvalue weighted by molar-refractivity contribution is 7.84. The van der Waals surface area contributed by atoms with Crippen molar-refractivity contribution in [3.05, 3.63) is 18.0 Å². The molecule has 2 atom stereocenters. The highest BCUT2D eigenvalue weighted by Gasteiger charge is 2.21. The SMILES string of the molecule is CCn1cc(CS(=O)CC(NC(C)=O)C(=O)O)cn1. The van der Waals surface area contributed by atoms with E-state index in [1.807, 2.05) is 6.92 Å². The standard InChI is InChI=1S/C11H17N3O4S/c1-3-14-5-9(4-12-14)6-19(18)7-10(11(16)17)13-8(2)15/h4-5,10H,3,6-7H2,1-2H3,(H,13,15)(H,16,17). The van der Waals surface area contributed by atoms with Gasteiger partial charge in [-0.2, -0.15) is 5.10 Å². The molecule has 0 saturated heterocycles. The molecule has 1 amide bonds. The molecule has 7 nitrogen and oxygen atoms in total. The molecule has 0 spiro atoms. The van der Waals surface area contributed by atoms with E-state index in [4.69, 9.17) is 5.11 Å². The molecule has 0 aliphatic heterocycles. The number of carbonyl (C=O) groups is 2. The maximum Gasteiger partial charge on any atom is 0.327 e.